The van der Waals surface area contributed by atoms with Gasteiger partial charge in [-0.05, 0) is 24.3 Å². The SMILES string of the molecule is CC(=O)OC(=O)C(Oc1ccccc1)N1CCN(c2ccncc2)CC1=O.Cl. The van der Waals surface area contributed by atoms with Gasteiger partial charge in [0.1, 0.15) is 5.75 Å². The molecule has 0 radical (unpaired) electrons. The Labute approximate surface area is 168 Å². The number of pyridine rings is 1. The van der Waals surface area contributed by atoms with Crippen LogP contribution >= 0.6 is 12.4 Å². The van der Waals surface area contributed by atoms with Gasteiger partial charge >= 0.3 is 11.9 Å². The zero-order chi connectivity index (χ0) is 19.2. The Morgan fingerprint density at radius 3 is 2.36 bits per heavy atom. The average molecular weight is 406 g/mol. The molecule has 0 bridgehead atoms. The number of anilines is 1. The lowest BCUT2D eigenvalue weighted by atomic mass is 10.2. The van der Waals surface area contributed by atoms with E-state index in [1.807, 2.05) is 17.0 Å². The topological polar surface area (TPSA) is 89.0 Å². The number of ether oxygens (including phenoxy) is 2. The molecule has 8 nitrogen and oxygen atoms in total. The predicted molar refractivity (Wildman–Crippen MR) is 103 cm³/mol. The molecule has 9 heteroatoms. The number of nitrogens with zero attached hydrogens (tertiary/aromatic N) is 3. The van der Waals surface area contributed by atoms with Crippen LogP contribution in [0.4, 0.5) is 5.69 Å². The Bertz CT molecular complexity index is 819. The summed E-state index contributed by atoms with van der Waals surface area (Å²) in [5.74, 6) is -1.59. The van der Waals surface area contributed by atoms with E-state index in [0.29, 0.717) is 12.3 Å². The summed E-state index contributed by atoms with van der Waals surface area (Å²) in [4.78, 5) is 43.4. The highest BCUT2D eigenvalue weighted by Gasteiger charge is 2.37. The summed E-state index contributed by atoms with van der Waals surface area (Å²) in [5.41, 5.74) is 0.866. The van der Waals surface area contributed by atoms with Crippen molar-refractivity contribution in [2.45, 2.75) is 13.2 Å². The largest absolute Gasteiger partial charge is 0.459 e. The van der Waals surface area contributed by atoms with E-state index in [1.54, 1.807) is 42.7 Å². The Hall–Kier alpha value is -3.13. The molecule has 1 atom stereocenters. The van der Waals surface area contributed by atoms with Gasteiger partial charge in [-0.1, -0.05) is 18.2 Å². The van der Waals surface area contributed by atoms with E-state index in [4.69, 9.17) is 4.74 Å². The number of rotatable bonds is 5. The number of aromatic nitrogens is 1. The lowest BCUT2D eigenvalue weighted by Gasteiger charge is -2.38. The number of carbonyl (C=O) groups excluding carboxylic acids is 3. The smallest absolute Gasteiger partial charge is 0.376 e. The monoisotopic (exact) mass is 405 g/mol. The van der Waals surface area contributed by atoms with Crippen LogP contribution < -0.4 is 9.64 Å². The molecule has 0 aliphatic carbocycles. The van der Waals surface area contributed by atoms with Gasteiger partial charge in [0.15, 0.2) is 0 Å². The maximum Gasteiger partial charge on any atom is 0.376 e. The molecule has 3 rings (SSSR count). The van der Waals surface area contributed by atoms with Crippen LogP contribution in [-0.4, -0.2) is 53.6 Å². The summed E-state index contributed by atoms with van der Waals surface area (Å²) in [6, 6.07) is 12.2. The van der Waals surface area contributed by atoms with E-state index in [2.05, 4.69) is 9.72 Å². The first-order valence-corrected chi connectivity index (χ1v) is 8.43. The molecule has 1 aromatic carbocycles. The van der Waals surface area contributed by atoms with E-state index in [0.717, 1.165) is 12.6 Å². The molecule has 28 heavy (non-hydrogen) atoms. The number of para-hydroxylation sites is 1. The standard InChI is InChI=1S/C19H19N3O5.ClH/c1-14(23)26-19(25)18(27-16-5-3-2-4-6-16)22-12-11-21(13-17(22)24)15-7-9-20-10-8-15;/h2-10,18H,11-13H2,1H3;1H. The van der Waals surface area contributed by atoms with Gasteiger partial charge in [-0.25, -0.2) is 4.79 Å². The number of esters is 2. The Morgan fingerprint density at radius 2 is 1.75 bits per heavy atom. The third kappa shape index (κ3) is 5.20. The summed E-state index contributed by atoms with van der Waals surface area (Å²) in [6.45, 7) is 1.94. The van der Waals surface area contributed by atoms with Crippen molar-refractivity contribution < 1.29 is 23.9 Å². The maximum absolute atomic E-state index is 12.7. The minimum Gasteiger partial charge on any atom is -0.459 e. The average Bonchev–Trinajstić information content (AvgIpc) is 2.67. The van der Waals surface area contributed by atoms with Crippen molar-refractivity contribution in [1.29, 1.82) is 0 Å². The molecule has 0 N–H and O–H groups in total. The molecule has 1 fully saturated rings. The second kappa shape index (κ2) is 9.70. The van der Waals surface area contributed by atoms with Crippen LogP contribution in [0.15, 0.2) is 54.9 Å². The summed E-state index contributed by atoms with van der Waals surface area (Å²) in [5, 5.41) is 0. The van der Waals surface area contributed by atoms with Gasteiger partial charge in [-0.2, -0.15) is 0 Å². The van der Waals surface area contributed by atoms with E-state index in [-0.39, 0.29) is 31.4 Å². The summed E-state index contributed by atoms with van der Waals surface area (Å²) >= 11 is 0. The number of halogens is 1. The number of benzene rings is 1. The summed E-state index contributed by atoms with van der Waals surface area (Å²) in [6.07, 6.45) is 1.97. The third-order valence-electron chi connectivity index (χ3n) is 4.01. The zero-order valence-corrected chi connectivity index (χ0v) is 16.0. The van der Waals surface area contributed by atoms with E-state index < -0.39 is 18.2 Å². The first-order chi connectivity index (χ1) is 13.0. The lowest BCUT2D eigenvalue weighted by Crippen LogP contribution is -2.58. The van der Waals surface area contributed by atoms with Crippen LogP contribution in [0.2, 0.25) is 0 Å². The van der Waals surface area contributed by atoms with Crippen molar-refractivity contribution in [3.63, 3.8) is 0 Å². The summed E-state index contributed by atoms with van der Waals surface area (Å²) in [7, 11) is 0. The van der Waals surface area contributed by atoms with Crippen molar-refractivity contribution >= 4 is 35.9 Å². The van der Waals surface area contributed by atoms with Crippen LogP contribution in [-0.2, 0) is 19.1 Å². The maximum atomic E-state index is 12.7. The van der Waals surface area contributed by atoms with Gasteiger partial charge in [-0.15, -0.1) is 12.4 Å². The predicted octanol–water partition coefficient (Wildman–Crippen LogP) is 1.65. The second-order valence-corrected chi connectivity index (χ2v) is 5.91. The number of carbonyl (C=O) groups is 3. The number of amides is 1. The molecular formula is C19H20ClN3O5. The van der Waals surface area contributed by atoms with Crippen LogP contribution in [0.25, 0.3) is 0 Å². The van der Waals surface area contributed by atoms with Crippen molar-refractivity contribution in [3.05, 3.63) is 54.9 Å². The lowest BCUT2D eigenvalue weighted by molar-refractivity contribution is -0.174. The van der Waals surface area contributed by atoms with Gasteiger partial charge in [0, 0.05) is 38.1 Å². The molecular weight excluding hydrogens is 386 g/mol. The molecule has 0 saturated carbocycles. The van der Waals surface area contributed by atoms with Crippen LogP contribution in [0.3, 0.4) is 0 Å². The molecule has 1 unspecified atom stereocenters. The molecule has 1 amide bonds. The molecule has 2 aromatic rings. The fraction of sp³-hybridized carbons (Fsp3) is 0.263. The highest BCUT2D eigenvalue weighted by Crippen LogP contribution is 2.20. The fourth-order valence-electron chi connectivity index (χ4n) is 2.77. The molecule has 1 aliphatic rings. The van der Waals surface area contributed by atoms with Crippen LogP contribution in [0, 0.1) is 0 Å². The Kier molecular flexibility index (Phi) is 7.34. The molecule has 2 heterocycles. The minimum absolute atomic E-state index is 0. The summed E-state index contributed by atoms with van der Waals surface area (Å²) < 4.78 is 10.4. The molecule has 0 spiro atoms. The Balaban J connectivity index is 0.00000280. The second-order valence-electron chi connectivity index (χ2n) is 5.91. The van der Waals surface area contributed by atoms with E-state index >= 15 is 0 Å². The van der Waals surface area contributed by atoms with Crippen molar-refractivity contribution in [2.24, 2.45) is 0 Å². The molecule has 1 aliphatic heterocycles. The van der Waals surface area contributed by atoms with Crippen molar-refractivity contribution in [3.8, 4) is 5.75 Å². The van der Waals surface area contributed by atoms with E-state index in [9.17, 15) is 14.4 Å². The molecule has 1 saturated heterocycles. The molecule has 148 valence electrons. The van der Waals surface area contributed by atoms with Crippen LogP contribution in [0.5, 0.6) is 5.75 Å². The normalized spacial score (nSPS) is 14.7. The third-order valence-corrected chi connectivity index (χ3v) is 4.01. The molecule has 1 aromatic heterocycles. The quantitative estimate of drug-likeness (QED) is 0.552. The van der Waals surface area contributed by atoms with Gasteiger partial charge in [0.05, 0.1) is 6.54 Å². The van der Waals surface area contributed by atoms with Gasteiger partial charge in [-0.3, -0.25) is 19.5 Å². The zero-order valence-electron chi connectivity index (χ0n) is 15.2. The van der Waals surface area contributed by atoms with Crippen LogP contribution in [0.1, 0.15) is 6.92 Å². The van der Waals surface area contributed by atoms with Gasteiger partial charge in [0.25, 0.3) is 6.23 Å². The Morgan fingerprint density at radius 1 is 1.07 bits per heavy atom. The van der Waals surface area contributed by atoms with Gasteiger partial charge < -0.3 is 14.4 Å². The number of piperazine rings is 1. The first-order valence-electron chi connectivity index (χ1n) is 8.43. The van der Waals surface area contributed by atoms with Crippen molar-refractivity contribution in [2.75, 3.05) is 24.5 Å². The van der Waals surface area contributed by atoms with E-state index in [1.165, 1.54) is 4.90 Å². The highest BCUT2D eigenvalue weighted by atomic mass is 35.5. The number of hydrogen-bond acceptors (Lipinski definition) is 7. The van der Waals surface area contributed by atoms with Crippen molar-refractivity contribution in [1.82, 2.24) is 9.88 Å². The number of hydrogen-bond donors (Lipinski definition) is 0. The highest BCUT2D eigenvalue weighted by molar-refractivity contribution is 5.91. The minimum atomic E-state index is -1.33. The van der Waals surface area contributed by atoms with Gasteiger partial charge in [0.2, 0.25) is 5.91 Å². The first kappa shape index (κ1) is 21.2. The fourth-order valence-corrected chi connectivity index (χ4v) is 2.77.